The van der Waals surface area contributed by atoms with Crippen molar-refractivity contribution in [1.82, 2.24) is 10.2 Å². The van der Waals surface area contributed by atoms with Crippen LogP contribution in [-0.4, -0.2) is 49.3 Å². The van der Waals surface area contributed by atoms with Gasteiger partial charge in [0.15, 0.2) is 0 Å². The molecule has 0 bridgehead atoms. The smallest absolute Gasteiger partial charge is 0.0593 e. The first-order chi connectivity index (χ1) is 9.24. The molecule has 3 fully saturated rings. The summed E-state index contributed by atoms with van der Waals surface area (Å²) in [5.41, 5.74) is 0.390. The lowest BCUT2D eigenvalue weighted by molar-refractivity contribution is 0.00398. The van der Waals surface area contributed by atoms with Crippen LogP contribution in [-0.2, 0) is 4.74 Å². The molecule has 3 rings (SSSR count). The Hall–Kier alpha value is -0.120. The molecule has 19 heavy (non-hydrogen) atoms. The summed E-state index contributed by atoms with van der Waals surface area (Å²) in [4.78, 5) is 2.75. The van der Waals surface area contributed by atoms with E-state index >= 15 is 0 Å². The van der Waals surface area contributed by atoms with E-state index in [1.807, 2.05) is 0 Å². The number of piperazine rings is 1. The second kappa shape index (κ2) is 5.71. The standard InChI is InChI=1S/C16H30N2O/c1-3-9-19-10-8-18-11-15(13-4-5-13)17-12-16(18,2)14-6-7-14/h13-15,17H,3-12H2,1-2H3. The van der Waals surface area contributed by atoms with E-state index in [-0.39, 0.29) is 0 Å². The summed E-state index contributed by atoms with van der Waals surface area (Å²) in [5, 5.41) is 3.84. The van der Waals surface area contributed by atoms with E-state index in [0.717, 1.165) is 44.1 Å². The van der Waals surface area contributed by atoms with Crippen LogP contribution < -0.4 is 5.32 Å². The van der Waals surface area contributed by atoms with Crippen molar-refractivity contribution in [3.8, 4) is 0 Å². The zero-order valence-corrected chi connectivity index (χ0v) is 12.7. The summed E-state index contributed by atoms with van der Waals surface area (Å²) in [6.45, 7) is 10.0. The van der Waals surface area contributed by atoms with Crippen LogP contribution in [0.2, 0.25) is 0 Å². The van der Waals surface area contributed by atoms with E-state index in [2.05, 4.69) is 24.1 Å². The highest BCUT2D eigenvalue weighted by Crippen LogP contribution is 2.45. The molecule has 3 aliphatic rings. The van der Waals surface area contributed by atoms with Crippen LogP contribution in [0.15, 0.2) is 0 Å². The van der Waals surface area contributed by atoms with Crippen molar-refractivity contribution in [1.29, 1.82) is 0 Å². The first-order valence-corrected chi connectivity index (χ1v) is 8.30. The number of rotatable bonds is 7. The van der Waals surface area contributed by atoms with Crippen molar-refractivity contribution in [3.05, 3.63) is 0 Å². The zero-order valence-electron chi connectivity index (χ0n) is 12.7. The highest BCUT2D eigenvalue weighted by atomic mass is 16.5. The molecule has 1 N–H and O–H groups in total. The van der Waals surface area contributed by atoms with E-state index in [0.29, 0.717) is 5.54 Å². The molecule has 0 spiro atoms. The first kappa shape index (κ1) is 13.8. The monoisotopic (exact) mass is 266 g/mol. The Labute approximate surface area is 118 Å². The molecule has 2 atom stereocenters. The molecule has 0 aromatic rings. The van der Waals surface area contributed by atoms with Crippen LogP contribution >= 0.6 is 0 Å². The summed E-state index contributed by atoms with van der Waals surface area (Å²) in [7, 11) is 0. The van der Waals surface area contributed by atoms with Gasteiger partial charge in [-0.1, -0.05) is 6.92 Å². The maximum atomic E-state index is 5.73. The quantitative estimate of drug-likeness (QED) is 0.715. The van der Waals surface area contributed by atoms with Gasteiger partial charge in [-0.05, 0) is 50.9 Å². The predicted octanol–water partition coefficient (Wildman–Crippen LogP) is 2.27. The summed E-state index contributed by atoms with van der Waals surface area (Å²) in [6.07, 6.45) is 6.87. The van der Waals surface area contributed by atoms with Gasteiger partial charge < -0.3 is 10.1 Å². The molecule has 2 aliphatic carbocycles. The van der Waals surface area contributed by atoms with Crippen LogP contribution in [0.25, 0.3) is 0 Å². The first-order valence-electron chi connectivity index (χ1n) is 8.30. The molecule has 3 nitrogen and oxygen atoms in total. The molecule has 110 valence electrons. The van der Waals surface area contributed by atoms with Crippen molar-refractivity contribution in [2.24, 2.45) is 11.8 Å². The van der Waals surface area contributed by atoms with Crippen molar-refractivity contribution >= 4 is 0 Å². The van der Waals surface area contributed by atoms with Crippen LogP contribution in [0.5, 0.6) is 0 Å². The van der Waals surface area contributed by atoms with Crippen LogP contribution in [0.4, 0.5) is 0 Å². The molecule has 0 aromatic carbocycles. The lowest BCUT2D eigenvalue weighted by Crippen LogP contribution is -2.65. The number of hydrogen-bond acceptors (Lipinski definition) is 3. The molecule has 2 unspecified atom stereocenters. The van der Waals surface area contributed by atoms with Crippen LogP contribution in [0.3, 0.4) is 0 Å². The molecule has 0 amide bonds. The maximum Gasteiger partial charge on any atom is 0.0593 e. The van der Waals surface area contributed by atoms with Gasteiger partial charge in [-0.3, -0.25) is 4.90 Å². The molecule has 1 aliphatic heterocycles. The molecule has 0 aromatic heterocycles. The lowest BCUT2D eigenvalue weighted by Gasteiger charge is -2.49. The predicted molar refractivity (Wildman–Crippen MR) is 78.3 cm³/mol. The second-order valence-corrected chi connectivity index (χ2v) is 7.01. The van der Waals surface area contributed by atoms with E-state index in [9.17, 15) is 0 Å². The van der Waals surface area contributed by atoms with Crippen molar-refractivity contribution in [2.45, 2.75) is 57.5 Å². The molecule has 2 saturated carbocycles. The fraction of sp³-hybridized carbons (Fsp3) is 1.00. The third-order valence-electron chi connectivity index (χ3n) is 5.36. The van der Waals surface area contributed by atoms with Gasteiger partial charge in [-0.15, -0.1) is 0 Å². The minimum absolute atomic E-state index is 0.390. The van der Waals surface area contributed by atoms with Gasteiger partial charge >= 0.3 is 0 Å². The van der Waals surface area contributed by atoms with Gasteiger partial charge in [0, 0.05) is 37.8 Å². The average molecular weight is 266 g/mol. The Morgan fingerprint density at radius 1 is 1.21 bits per heavy atom. The van der Waals surface area contributed by atoms with Gasteiger partial charge in [0.25, 0.3) is 0 Å². The maximum absolute atomic E-state index is 5.73. The van der Waals surface area contributed by atoms with Gasteiger partial charge in [-0.2, -0.15) is 0 Å². The van der Waals surface area contributed by atoms with Gasteiger partial charge in [0.05, 0.1) is 6.61 Å². The van der Waals surface area contributed by atoms with E-state index in [1.165, 1.54) is 38.8 Å². The highest BCUT2D eigenvalue weighted by Gasteiger charge is 2.49. The minimum atomic E-state index is 0.390. The Bertz CT molecular complexity index is 301. The van der Waals surface area contributed by atoms with Gasteiger partial charge in [0.1, 0.15) is 0 Å². The molecule has 3 heteroatoms. The number of ether oxygens (including phenoxy) is 1. The third-order valence-corrected chi connectivity index (χ3v) is 5.36. The molecular formula is C16H30N2O. The number of hydrogen-bond donors (Lipinski definition) is 1. The van der Waals surface area contributed by atoms with E-state index < -0.39 is 0 Å². The SMILES string of the molecule is CCCOCCN1CC(C2CC2)NCC1(C)C1CC1. The fourth-order valence-electron chi connectivity index (χ4n) is 3.65. The zero-order chi connectivity index (χ0) is 13.3. The third kappa shape index (κ3) is 3.14. The second-order valence-electron chi connectivity index (χ2n) is 7.01. The molecular weight excluding hydrogens is 236 g/mol. The molecule has 1 heterocycles. The van der Waals surface area contributed by atoms with Crippen molar-refractivity contribution in [3.63, 3.8) is 0 Å². The molecule has 1 saturated heterocycles. The van der Waals surface area contributed by atoms with Crippen molar-refractivity contribution in [2.75, 3.05) is 32.8 Å². The summed E-state index contributed by atoms with van der Waals surface area (Å²) < 4.78 is 5.73. The molecule has 0 radical (unpaired) electrons. The van der Waals surface area contributed by atoms with Crippen LogP contribution in [0.1, 0.15) is 46.0 Å². The topological polar surface area (TPSA) is 24.5 Å². The number of nitrogens with zero attached hydrogens (tertiary/aromatic N) is 1. The lowest BCUT2D eigenvalue weighted by atomic mass is 9.88. The Balaban J connectivity index is 1.56. The fourth-order valence-corrected chi connectivity index (χ4v) is 3.65. The Morgan fingerprint density at radius 3 is 2.63 bits per heavy atom. The van der Waals surface area contributed by atoms with Crippen molar-refractivity contribution < 1.29 is 4.74 Å². The largest absolute Gasteiger partial charge is 0.380 e. The van der Waals surface area contributed by atoms with Gasteiger partial charge in [-0.25, -0.2) is 0 Å². The van der Waals surface area contributed by atoms with Crippen LogP contribution in [0, 0.1) is 11.8 Å². The van der Waals surface area contributed by atoms with E-state index in [1.54, 1.807) is 0 Å². The highest BCUT2D eigenvalue weighted by molar-refractivity contribution is 5.06. The van der Waals surface area contributed by atoms with Gasteiger partial charge in [0.2, 0.25) is 0 Å². The van der Waals surface area contributed by atoms with E-state index in [4.69, 9.17) is 4.74 Å². The number of nitrogens with one attached hydrogen (secondary N) is 1. The Kier molecular flexibility index (Phi) is 4.16. The Morgan fingerprint density at radius 2 is 2.00 bits per heavy atom. The minimum Gasteiger partial charge on any atom is -0.380 e. The summed E-state index contributed by atoms with van der Waals surface area (Å²) in [5.74, 6) is 1.88. The summed E-state index contributed by atoms with van der Waals surface area (Å²) >= 11 is 0. The summed E-state index contributed by atoms with van der Waals surface area (Å²) in [6, 6.07) is 0.748. The average Bonchev–Trinajstić information content (AvgIpc) is 3.29. The normalized spacial score (nSPS) is 36.6.